The van der Waals surface area contributed by atoms with E-state index < -0.39 is 5.82 Å². The molecule has 1 aromatic heterocycles. The Morgan fingerprint density at radius 2 is 2.14 bits per heavy atom. The standard InChI is InChI=1S/C21H27FN6/c1-3-6-16-12-20(28-10-5-7-18(14-28)24-4-2)27-21(25-16)26-17-8-9-19(22)15(11-17)13-23/h8-9,11-12,18,24H,3-7,10,14H2,1-2H3,(H,25,26,27). The summed E-state index contributed by atoms with van der Waals surface area (Å²) >= 11 is 0. The van der Waals surface area contributed by atoms with Gasteiger partial charge in [-0.25, -0.2) is 9.37 Å². The molecule has 2 aromatic rings. The third-order valence-corrected chi connectivity index (χ3v) is 4.85. The Morgan fingerprint density at radius 3 is 2.89 bits per heavy atom. The van der Waals surface area contributed by atoms with Crippen LogP contribution in [0.5, 0.6) is 0 Å². The van der Waals surface area contributed by atoms with Crippen LogP contribution in [0.3, 0.4) is 0 Å². The second-order valence-corrected chi connectivity index (χ2v) is 7.07. The van der Waals surface area contributed by atoms with Crippen LogP contribution in [0.15, 0.2) is 24.3 Å². The predicted octanol–water partition coefficient (Wildman–Crippen LogP) is 3.76. The quantitative estimate of drug-likeness (QED) is 0.759. The average Bonchev–Trinajstić information content (AvgIpc) is 2.70. The fourth-order valence-electron chi connectivity index (χ4n) is 3.54. The zero-order valence-corrected chi connectivity index (χ0v) is 16.5. The van der Waals surface area contributed by atoms with Gasteiger partial charge in [-0.15, -0.1) is 0 Å². The lowest BCUT2D eigenvalue weighted by atomic mass is 10.1. The van der Waals surface area contributed by atoms with Gasteiger partial charge in [-0.2, -0.15) is 10.2 Å². The molecule has 0 aliphatic carbocycles. The lowest BCUT2D eigenvalue weighted by molar-refractivity contribution is 0.429. The fourth-order valence-corrected chi connectivity index (χ4v) is 3.54. The smallest absolute Gasteiger partial charge is 0.229 e. The van der Waals surface area contributed by atoms with E-state index in [1.54, 1.807) is 6.07 Å². The first kappa shape index (κ1) is 20.0. The Labute approximate surface area is 165 Å². The number of hydrogen-bond donors (Lipinski definition) is 2. The molecule has 2 N–H and O–H groups in total. The first-order valence-corrected chi connectivity index (χ1v) is 9.95. The number of hydrogen-bond acceptors (Lipinski definition) is 6. The molecule has 1 aliphatic heterocycles. The largest absolute Gasteiger partial charge is 0.355 e. The third kappa shape index (κ3) is 4.96. The van der Waals surface area contributed by atoms with Gasteiger partial charge in [-0.05, 0) is 44.0 Å². The first-order chi connectivity index (χ1) is 13.6. The number of likely N-dealkylation sites (N-methyl/N-ethyl adjacent to an activating group) is 1. The van der Waals surface area contributed by atoms with Crippen LogP contribution in [-0.4, -0.2) is 35.6 Å². The summed E-state index contributed by atoms with van der Waals surface area (Å²) in [6, 6.07) is 8.74. The highest BCUT2D eigenvalue weighted by atomic mass is 19.1. The highest BCUT2D eigenvalue weighted by Crippen LogP contribution is 2.23. The number of aryl methyl sites for hydroxylation is 1. The summed E-state index contributed by atoms with van der Waals surface area (Å²) in [5.41, 5.74) is 1.57. The lowest BCUT2D eigenvalue weighted by Crippen LogP contribution is -2.46. The number of halogens is 1. The molecule has 1 aromatic carbocycles. The van der Waals surface area contributed by atoms with Crippen molar-refractivity contribution in [2.75, 3.05) is 29.9 Å². The van der Waals surface area contributed by atoms with Crippen LogP contribution < -0.4 is 15.5 Å². The molecule has 1 fully saturated rings. The number of anilines is 3. The lowest BCUT2D eigenvalue weighted by Gasteiger charge is -2.34. The van der Waals surface area contributed by atoms with Crippen molar-refractivity contribution in [1.29, 1.82) is 5.26 Å². The predicted molar refractivity (Wildman–Crippen MR) is 109 cm³/mol. The van der Waals surface area contributed by atoms with Crippen molar-refractivity contribution in [2.45, 2.75) is 45.6 Å². The van der Waals surface area contributed by atoms with Crippen LogP contribution >= 0.6 is 0 Å². The summed E-state index contributed by atoms with van der Waals surface area (Å²) in [6.07, 6.45) is 4.15. The minimum absolute atomic E-state index is 0.000511. The Morgan fingerprint density at radius 1 is 1.29 bits per heavy atom. The van der Waals surface area contributed by atoms with Crippen LogP contribution in [0.2, 0.25) is 0 Å². The molecule has 7 heteroatoms. The number of aromatic nitrogens is 2. The van der Waals surface area contributed by atoms with E-state index in [1.165, 1.54) is 18.6 Å². The first-order valence-electron chi connectivity index (χ1n) is 9.95. The third-order valence-electron chi connectivity index (χ3n) is 4.85. The van der Waals surface area contributed by atoms with E-state index in [-0.39, 0.29) is 5.56 Å². The molecule has 1 saturated heterocycles. The highest BCUT2D eigenvalue weighted by Gasteiger charge is 2.21. The van der Waals surface area contributed by atoms with Crippen molar-refractivity contribution >= 4 is 17.5 Å². The molecule has 0 spiro atoms. The Kier molecular flexibility index (Phi) is 6.77. The maximum atomic E-state index is 13.6. The fraction of sp³-hybridized carbons (Fsp3) is 0.476. The van der Waals surface area contributed by atoms with Crippen LogP contribution in [0.4, 0.5) is 21.8 Å². The number of rotatable bonds is 7. The van der Waals surface area contributed by atoms with Gasteiger partial charge in [0.2, 0.25) is 5.95 Å². The van der Waals surface area contributed by atoms with Crippen molar-refractivity contribution in [3.63, 3.8) is 0 Å². The van der Waals surface area contributed by atoms with Gasteiger partial charge in [0.05, 0.1) is 5.56 Å². The van der Waals surface area contributed by atoms with Gasteiger partial charge < -0.3 is 15.5 Å². The second kappa shape index (κ2) is 9.47. The van der Waals surface area contributed by atoms with Crippen molar-refractivity contribution in [3.05, 3.63) is 41.3 Å². The van der Waals surface area contributed by atoms with E-state index in [1.807, 2.05) is 6.07 Å². The maximum absolute atomic E-state index is 13.6. The molecule has 2 heterocycles. The molecule has 3 rings (SSSR count). The molecule has 1 atom stereocenters. The van der Waals surface area contributed by atoms with Gasteiger partial charge in [0.1, 0.15) is 17.7 Å². The molecule has 0 saturated carbocycles. The molecule has 6 nitrogen and oxygen atoms in total. The molecule has 0 amide bonds. The number of piperidine rings is 1. The Bertz CT molecular complexity index is 845. The van der Waals surface area contributed by atoms with Crippen LogP contribution in [0.25, 0.3) is 0 Å². The summed E-state index contributed by atoms with van der Waals surface area (Å²) in [5.74, 6) is 0.852. The number of nitriles is 1. The maximum Gasteiger partial charge on any atom is 0.229 e. The average molecular weight is 382 g/mol. The van der Waals surface area contributed by atoms with E-state index in [9.17, 15) is 4.39 Å². The van der Waals surface area contributed by atoms with Crippen LogP contribution in [0, 0.1) is 17.1 Å². The van der Waals surface area contributed by atoms with Crippen molar-refractivity contribution in [3.8, 4) is 6.07 Å². The highest BCUT2D eigenvalue weighted by molar-refractivity contribution is 5.58. The van der Waals surface area contributed by atoms with Gasteiger partial charge in [0.15, 0.2) is 0 Å². The molecule has 1 unspecified atom stereocenters. The summed E-state index contributed by atoms with van der Waals surface area (Å²) in [5, 5.41) is 15.7. The van der Waals surface area contributed by atoms with Gasteiger partial charge >= 0.3 is 0 Å². The number of nitrogens with one attached hydrogen (secondary N) is 2. The molecule has 0 radical (unpaired) electrons. The topological polar surface area (TPSA) is 76.9 Å². The van der Waals surface area contributed by atoms with Gasteiger partial charge in [0.25, 0.3) is 0 Å². The van der Waals surface area contributed by atoms with E-state index >= 15 is 0 Å². The minimum Gasteiger partial charge on any atom is -0.355 e. The molecule has 1 aliphatic rings. The molecule has 148 valence electrons. The normalized spacial score (nSPS) is 16.6. The zero-order valence-electron chi connectivity index (χ0n) is 16.5. The van der Waals surface area contributed by atoms with Crippen molar-refractivity contribution in [2.24, 2.45) is 0 Å². The molecule has 0 bridgehead atoms. The van der Waals surface area contributed by atoms with E-state index in [0.29, 0.717) is 17.7 Å². The molecular formula is C21H27FN6. The SMILES string of the molecule is CCCc1cc(N2CCCC(NCC)C2)nc(Nc2ccc(F)c(C#N)c2)n1. The van der Waals surface area contributed by atoms with Gasteiger partial charge in [-0.1, -0.05) is 20.3 Å². The Balaban J connectivity index is 1.86. The van der Waals surface area contributed by atoms with Crippen molar-refractivity contribution < 1.29 is 4.39 Å². The van der Waals surface area contributed by atoms with E-state index in [0.717, 1.165) is 50.4 Å². The van der Waals surface area contributed by atoms with Crippen LogP contribution in [-0.2, 0) is 6.42 Å². The summed E-state index contributed by atoms with van der Waals surface area (Å²) in [6.45, 7) is 7.10. The molecule has 28 heavy (non-hydrogen) atoms. The number of nitrogens with zero attached hydrogens (tertiary/aromatic N) is 4. The second-order valence-electron chi connectivity index (χ2n) is 7.07. The van der Waals surface area contributed by atoms with Crippen LogP contribution in [0.1, 0.15) is 44.4 Å². The monoisotopic (exact) mass is 382 g/mol. The van der Waals surface area contributed by atoms with E-state index in [2.05, 4.69) is 40.4 Å². The summed E-state index contributed by atoms with van der Waals surface area (Å²) < 4.78 is 13.6. The Hall–Kier alpha value is -2.72. The van der Waals surface area contributed by atoms with Gasteiger partial charge in [0, 0.05) is 36.6 Å². The zero-order chi connectivity index (χ0) is 19.9. The minimum atomic E-state index is -0.530. The summed E-state index contributed by atoms with van der Waals surface area (Å²) in [7, 11) is 0. The van der Waals surface area contributed by atoms with Gasteiger partial charge in [-0.3, -0.25) is 0 Å². The van der Waals surface area contributed by atoms with Crippen molar-refractivity contribution in [1.82, 2.24) is 15.3 Å². The summed E-state index contributed by atoms with van der Waals surface area (Å²) in [4.78, 5) is 11.6. The number of benzene rings is 1. The van der Waals surface area contributed by atoms with E-state index in [4.69, 9.17) is 10.2 Å². The molecular weight excluding hydrogens is 355 g/mol.